The number of rotatable bonds is 9. The predicted molar refractivity (Wildman–Crippen MR) is 126 cm³/mol. The highest BCUT2D eigenvalue weighted by molar-refractivity contribution is 7.89. The molecule has 2 aromatic carbocycles. The minimum absolute atomic E-state index is 0.0853. The predicted octanol–water partition coefficient (Wildman–Crippen LogP) is 4.28. The summed E-state index contributed by atoms with van der Waals surface area (Å²) in [6.07, 6.45) is 3.11. The molecule has 0 bridgehead atoms. The Balaban J connectivity index is 1.49. The molecule has 0 radical (unpaired) electrons. The van der Waals surface area contributed by atoms with Crippen molar-refractivity contribution in [2.45, 2.75) is 50.5 Å². The normalized spacial score (nSPS) is 17.3. The maximum atomic E-state index is 12.9. The minimum Gasteiger partial charge on any atom is -0.491 e. The molecule has 174 valence electrons. The van der Waals surface area contributed by atoms with Crippen LogP contribution in [-0.2, 0) is 21.2 Å². The SMILES string of the molecule is CC(C)Oc1cccc(CCCNC(=O)[C@H]2CCCN(S(=O)(=O)c3ccc(Cl)cc3)C2)c1. The molecule has 1 heterocycles. The van der Waals surface area contributed by atoms with Gasteiger partial charge in [-0.25, -0.2) is 8.42 Å². The largest absolute Gasteiger partial charge is 0.491 e. The molecule has 8 heteroatoms. The molecular weight excluding hydrogens is 448 g/mol. The first-order chi connectivity index (χ1) is 15.3. The number of piperidine rings is 1. The molecule has 1 N–H and O–H groups in total. The standard InChI is InChI=1S/C24H31ClN2O4S/c1-18(2)31-22-9-3-6-19(16-22)7-4-14-26-24(28)20-8-5-15-27(17-20)32(29,30)23-12-10-21(25)11-13-23/h3,6,9-13,16,18,20H,4-5,7-8,14-15,17H2,1-2H3,(H,26,28)/t20-/m0/s1. The first-order valence-electron chi connectivity index (χ1n) is 11.0. The zero-order chi connectivity index (χ0) is 23.1. The number of benzene rings is 2. The van der Waals surface area contributed by atoms with Crippen molar-refractivity contribution in [3.8, 4) is 5.75 Å². The third-order valence-corrected chi connectivity index (χ3v) is 7.55. The van der Waals surface area contributed by atoms with E-state index < -0.39 is 10.0 Å². The van der Waals surface area contributed by atoms with Crippen molar-refractivity contribution in [2.75, 3.05) is 19.6 Å². The van der Waals surface area contributed by atoms with Crippen LogP contribution in [0.25, 0.3) is 0 Å². The van der Waals surface area contributed by atoms with Crippen LogP contribution < -0.4 is 10.1 Å². The van der Waals surface area contributed by atoms with E-state index in [1.807, 2.05) is 32.0 Å². The molecule has 1 atom stereocenters. The Hall–Kier alpha value is -2.09. The van der Waals surface area contributed by atoms with Crippen molar-refractivity contribution in [3.05, 3.63) is 59.1 Å². The van der Waals surface area contributed by atoms with E-state index in [0.717, 1.165) is 24.2 Å². The van der Waals surface area contributed by atoms with Crippen LogP contribution in [0.2, 0.25) is 5.02 Å². The van der Waals surface area contributed by atoms with Crippen LogP contribution in [0.1, 0.15) is 38.7 Å². The van der Waals surface area contributed by atoms with Gasteiger partial charge in [-0.1, -0.05) is 23.7 Å². The Labute approximate surface area is 196 Å². The summed E-state index contributed by atoms with van der Waals surface area (Å²) in [6.45, 7) is 5.16. The van der Waals surface area contributed by atoms with Crippen molar-refractivity contribution in [1.82, 2.24) is 9.62 Å². The fraction of sp³-hybridized carbons (Fsp3) is 0.458. The Morgan fingerprint density at radius 2 is 1.97 bits per heavy atom. The van der Waals surface area contributed by atoms with Crippen LogP contribution in [-0.4, -0.2) is 44.4 Å². The van der Waals surface area contributed by atoms with Crippen molar-refractivity contribution in [2.24, 2.45) is 5.92 Å². The molecule has 32 heavy (non-hydrogen) atoms. The van der Waals surface area contributed by atoms with Crippen LogP contribution >= 0.6 is 11.6 Å². The third kappa shape index (κ3) is 6.70. The van der Waals surface area contributed by atoms with Gasteiger partial charge in [-0.2, -0.15) is 4.31 Å². The molecule has 1 aliphatic heterocycles. The van der Waals surface area contributed by atoms with Gasteiger partial charge in [0.1, 0.15) is 5.75 Å². The summed E-state index contributed by atoms with van der Waals surface area (Å²) in [6, 6.07) is 14.1. The number of carbonyl (C=O) groups is 1. The Morgan fingerprint density at radius 1 is 1.22 bits per heavy atom. The number of halogens is 1. The summed E-state index contributed by atoms with van der Waals surface area (Å²) in [5.74, 6) is 0.428. The summed E-state index contributed by atoms with van der Waals surface area (Å²) in [7, 11) is -3.64. The molecule has 1 fully saturated rings. The Kier molecular flexibility index (Phi) is 8.57. The third-order valence-electron chi connectivity index (χ3n) is 5.42. The van der Waals surface area contributed by atoms with Gasteiger partial charge in [-0.15, -0.1) is 0 Å². The lowest BCUT2D eigenvalue weighted by Crippen LogP contribution is -2.45. The molecule has 1 amide bonds. The Morgan fingerprint density at radius 3 is 2.69 bits per heavy atom. The second-order valence-electron chi connectivity index (χ2n) is 8.36. The number of aryl methyl sites for hydroxylation is 1. The lowest BCUT2D eigenvalue weighted by atomic mass is 9.99. The van der Waals surface area contributed by atoms with Gasteiger partial charge in [-0.3, -0.25) is 4.79 Å². The van der Waals surface area contributed by atoms with Crippen molar-refractivity contribution in [3.63, 3.8) is 0 Å². The molecule has 6 nitrogen and oxygen atoms in total. The number of hydrogen-bond donors (Lipinski definition) is 1. The van der Waals surface area contributed by atoms with Crippen LogP contribution in [0.4, 0.5) is 0 Å². The summed E-state index contributed by atoms with van der Waals surface area (Å²) in [5, 5.41) is 3.46. The molecule has 0 spiro atoms. The number of nitrogens with one attached hydrogen (secondary N) is 1. The van der Waals surface area contributed by atoms with Gasteiger partial charge in [0.15, 0.2) is 0 Å². The number of hydrogen-bond acceptors (Lipinski definition) is 4. The summed E-state index contributed by atoms with van der Waals surface area (Å²) < 4.78 is 33.0. The van der Waals surface area contributed by atoms with E-state index in [4.69, 9.17) is 16.3 Å². The van der Waals surface area contributed by atoms with E-state index in [-0.39, 0.29) is 29.4 Å². The van der Waals surface area contributed by atoms with Crippen LogP contribution in [0.5, 0.6) is 5.75 Å². The van der Waals surface area contributed by atoms with Crippen LogP contribution in [0.15, 0.2) is 53.4 Å². The van der Waals surface area contributed by atoms with E-state index in [9.17, 15) is 13.2 Å². The van der Waals surface area contributed by atoms with Gasteiger partial charge in [0, 0.05) is 24.7 Å². The van der Waals surface area contributed by atoms with Crippen LogP contribution in [0, 0.1) is 5.92 Å². The van der Waals surface area contributed by atoms with E-state index in [0.29, 0.717) is 31.0 Å². The molecule has 0 saturated carbocycles. The molecule has 2 aromatic rings. The highest BCUT2D eigenvalue weighted by Gasteiger charge is 2.33. The summed E-state index contributed by atoms with van der Waals surface area (Å²) >= 11 is 5.87. The monoisotopic (exact) mass is 478 g/mol. The zero-order valence-electron chi connectivity index (χ0n) is 18.6. The average molecular weight is 479 g/mol. The lowest BCUT2D eigenvalue weighted by molar-refractivity contribution is -0.126. The van der Waals surface area contributed by atoms with Gasteiger partial charge >= 0.3 is 0 Å². The zero-order valence-corrected chi connectivity index (χ0v) is 20.2. The van der Waals surface area contributed by atoms with Crippen molar-refractivity contribution >= 4 is 27.5 Å². The van der Waals surface area contributed by atoms with E-state index >= 15 is 0 Å². The van der Waals surface area contributed by atoms with E-state index in [1.165, 1.54) is 16.4 Å². The average Bonchev–Trinajstić information content (AvgIpc) is 2.77. The van der Waals surface area contributed by atoms with Crippen LogP contribution in [0.3, 0.4) is 0 Å². The molecule has 1 aliphatic rings. The molecule has 0 aliphatic carbocycles. The number of ether oxygens (including phenoxy) is 1. The van der Waals surface area contributed by atoms with Gasteiger partial charge in [0.2, 0.25) is 15.9 Å². The maximum absolute atomic E-state index is 12.9. The van der Waals surface area contributed by atoms with Gasteiger partial charge in [0.25, 0.3) is 0 Å². The molecule has 0 unspecified atom stereocenters. The summed E-state index contributed by atoms with van der Waals surface area (Å²) in [5.41, 5.74) is 1.16. The minimum atomic E-state index is -3.64. The highest BCUT2D eigenvalue weighted by atomic mass is 35.5. The fourth-order valence-electron chi connectivity index (χ4n) is 3.83. The second-order valence-corrected chi connectivity index (χ2v) is 10.7. The molecule has 1 saturated heterocycles. The number of amides is 1. The van der Waals surface area contributed by atoms with Gasteiger partial charge < -0.3 is 10.1 Å². The fourth-order valence-corrected chi connectivity index (χ4v) is 5.48. The number of carbonyl (C=O) groups excluding carboxylic acids is 1. The van der Waals surface area contributed by atoms with Crippen molar-refractivity contribution in [1.29, 1.82) is 0 Å². The lowest BCUT2D eigenvalue weighted by Gasteiger charge is -2.31. The Bertz CT molecular complexity index is 1010. The van der Waals surface area contributed by atoms with E-state index in [1.54, 1.807) is 12.1 Å². The molecule has 0 aromatic heterocycles. The first kappa shape index (κ1) is 24.6. The van der Waals surface area contributed by atoms with Crippen molar-refractivity contribution < 1.29 is 17.9 Å². The highest BCUT2D eigenvalue weighted by Crippen LogP contribution is 2.25. The quantitative estimate of drug-likeness (QED) is 0.546. The summed E-state index contributed by atoms with van der Waals surface area (Å²) in [4.78, 5) is 12.9. The van der Waals surface area contributed by atoms with Gasteiger partial charge in [-0.05, 0) is 81.5 Å². The smallest absolute Gasteiger partial charge is 0.243 e. The van der Waals surface area contributed by atoms with E-state index in [2.05, 4.69) is 11.4 Å². The first-order valence-corrected chi connectivity index (χ1v) is 12.9. The topological polar surface area (TPSA) is 75.7 Å². The molecular formula is C24H31ClN2O4S. The maximum Gasteiger partial charge on any atom is 0.243 e. The molecule has 3 rings (SSSR count). The number of nitrogens with zero attached hydrogens (tertiary/aromatic N) is 1. The van der Waals surface area contributed by atoms with Gasteiger partial charge in [0.05, 0.1) is 16.9 Å². The number of sulfonamides is 1. The second kappa shape index (κ2) is 11.2.